The van der Waals surface area contributed by atoms with Crippen molar-refractivity contribution in [3.63, 3.8) is 0 Å². The van der Waals surface area contributed by atoms with Crippen LogP contribution in [0.25, 0.3) is 33.4 Å². The first-order chi connectivity index (χ1) is 13.2. The second kappa shape index (κ2) is 7.26. The second-order valence-corrected chi connectivity index (χ2v) is 6.27. The molecule has 0 saturated heterocycles. The van der Waals surface area contributed by atoms with Crippen molar-refractivity contribution in [3.05, 3.63) is 113 Å². The highest BCUT2D eigenvalue weighted by Crippen LogP contribution is 2.41. The lowest BCUT2D eigenvalue weighted by molar-refractivity contribution is -0.384. The summed E-state index contributed by atoms with van der Waals surface area (Å²) in [7, 11) is 0. The smallest absolute Gasteiger partial charge is 0.258 e. The number of nitro groups is 1. The SMILES string of the molecule is O=[N+]([O-])c1cc(-c2ccccc2)c(-c2ccccc2)cc1-c1ccccc1. The summed E-state index contributed by atoms with van der Waals surface area (Å²) in [5.41, 5.74) is 5.39. The fourth-order valence-electron chi connectivity index (χ4n) is 3.30. The fraction of sp³-hybridized carbons (Fsp3) is 0. The summed E-state index contributed by atoms with van der Waals surface area (Å²) in [5.74, 6) is 0. The average Bonchev–Trinajstić information content (AvgIpc) is 2.74. The first-order valence-corrected chi connectivity index (χ1v) is 8.73. The van der Waals surface area contributed by atoms with Gasteiger partial charge in [-0.1, -0.05) is 91.0 Å². The van der Waals surface area contributed by atoms with Gasteiger partial charge in [0.1, 0.15) is 0 Å². The van der Waals surface area contributed by atoms with Gasteiger partial charge in [-0.25, -0.2) is 0 Å². The molecule has 0 aliphatic carbocycles. The van der Waals surface area contributed by atoms with Crippen molar-refractivity contribution in [3.8, 4) is 33.4 Å². The van der Waals surface area contributed by atoms with Crippen LogP contribution in [0.5, 0.6) is 0 Å². The Kier molecular flexibility index (Phi) is 4.50. The molecule has 0 atom stereocenters. The predicted molar refractivity (Wildman–Crippen MR) is 109 cm³/mol. The van der Waals surface area contributed by atoms with Crippen LogP contribution in [0, 0.1) is 10.1 Å². The van der Waals surface area contributed by atoms with Gasteiger partial charge in [-0.15, -0.1) is 0 Å². The molecule has 27 heavy (non-hydrogen) atoms. The van der Waals surface area contributed by atoms with E-state index in [1.165, 1.54) is 0 Å². The summed E-state index contributed by atoms with van der Waals surface area (Å²) >= 11 is 0. The number of nitrogens with zero attached hydrogens (tertiary/aromatic N) is 1. The third-order valence-corrected chi connectivity index (χ3v) is 4.59. The van der Waals surface area contributed by atoms with E-state index in [1.807, 2.05) is 97.1 Å². The van der Waals surface area contributed by atoms with Crippen LogP contribution in [0.4, 0.5) is 5.69 Å². The van der Waals surface area contributed by atoms with Crippen LogP contribution in [-0.4, -0.2) is 4.92 Å². The number of hydrogen-bond donors (Lipinski definition) is 0. The molecule has 0 aromatic heterocycles. The van der Waals surface area contributed by atoms with Crippen molar-refractivity contribution in [2.24, 2.45) is 0 Å². The lowest BCUT2D eigenvalue weighted by atomic mass is 9.90. The molecule has 0 radical (unpaired) electrons. The summed E-state index contributed by atoms with van der Waals surface area (Å²) in [6.45, 7) is 0. The van der Waals surface area contributed by atoms with Gasteiger partial charge in [0.2, 0.25) is 0 Å². The minimum Gasteiger partial charge on any atom is -0.258 e. The zero-order chi connectivity index (χ0) is 18.6. The van der Waals surface area contributed by atoms with E-state index in [0.29, 0.717) is 5.56 Å². The highest BCUT2D eigenvalue weighted by atomic mass is 16.6. The van der Waals surface area contributed by atoms with Crippen molar-refractivity contribution in [2.75, 3.05) is 0 Å². The topological polar surface area (TPSA) is 43.1 Å². The van der Waals surface area contributed by atoms with E-state index >= 15 is 0 Å². The molecule has 3 nitrogen and oxygen atoms in total. The molecule has 0 spiro atoms. The van der Waals surface area contributed by atoms with E-state index in [4.69, 9.17) is 0 Å². The van der Waals surface area contributed by atoms with Crippen molar-refractivity contribution in [1.82, 2.24) is 0 Å². The van der Waals surface area contributed by atoms with E-state index in [9.17, 15) is 10.1 Å². The zero-order valence-electron chi connectivity index (χ0n) is 14.6. The van der Waals surface area contributed by atoms with E-state index in [1.54, 1.807) is 6.07 Å². The molecule has 0 bridgehead atoms. The van der Waals surface area contributed by atoms with Crippen LogP contribution in [0.3, 0.4) is 0 Å². The molecule has 4 rings (SSSR count). The third-order valence-electron chi connectivity index (χ3n) is 4.59. The van der Waals surface area contributed by atoms with Gasteiger partial charge in [-0.2, -0.15) is 0 Å². The monoisotopic (exact) mass is 351 g/mol. The van der Waals surface area contributed by atoms with Crippen molar-refractivity contribution in [2.45, 2.75) is 0 Å². The lowest BCUT2D eigenvalue weighted by Crippen LogP contribution is -1.95. The van der Waals surface area contributed by atoms with Gasteiger partial charge in [0.25, 0.3) is 5.69 Å². The standard InChI is InChI=1S/C24H17NO2/c26-25(27)24-17-22(19-12-6-2-7-13-19)21(18-10-4-1-5-11-18)16-23(24)20-14-8-3-9-15-20/h1-17H. The Balaban J connectivity index is 2.04. The lowest BCUT2D eigenvalue weighted by Gasteiger charge is -2.14. The summed E-state index contributed by atoms with van der Waals surface area (Å²) < 4.78 is 0. The van der Waals surface area contributed by atoms with E-state index < -0.39 is 0 Å². The second-order valence-electron chi connectivity index (χ2n) is 6.27. The molecule has 0 N–H and O–H groups in total. The Morgan fingerprint density at radius 1 is 0.519 bits per heavy atom. The molecule has 130 valence electrons. The normalized spacial score (nSPS) is 10.5. The largest absolute Gasteiger partial charge is 0.277 e. The molecule has 0 unspecified atom stereocenters. The van der Waals surface area contributed by atoms with Crippen LogP contribution in [0.1, 0.15) is 0 Å². The maximum Gasteiger partial charge on any atom is 0.277 e. The van der Waals surface area contributed by atoms with E-state index in [-0.39, 0.29) is 10.6 Å². The van der Waals surface area contributed by atoms with Crippen LogP contribution >= 0.6 is 0 Å². The average molecular weight is 351 g/mol. The maximum absolute atomic E-state index is 11.8. The van der Waals surface area contributed by atoms with Crippen LogP contribution < -0.4 is 0 Å². The van der Waals surface area contributed by atoms with Crippen LogP contribution in [0.2, 0.25) is 0 Å². The Labute approximate surface area is 157 Å². The van der Waals surface area contributed by atoms with Gasteiger partial charge < -0.3 is 0 Å². The molecule has 4 aromatic rings. The molecule has 0 saturated carbocycles. The molecule has 0 aliphatic heterocycles. The van der Waals surface area contributed by atoms with E-state index in [0.717, 1.165) is 27.8 Å². The first kappa shape index (κ1) is 16.7. The third kappa shape index (κ3) is 3.35. The van der Waals surface area contributed by atoms with Crippen molar-refractivity contribution >= 4 is 5.69 Å². The van der Waals surface area contributed by atoms with Crippen molar-refractivity contribution in [1.29, 1.82) is 0 Å². The molecular formula is C24H17NO2. The summed E-state index contributed by atoms with van der Waals surface area (Å²) in [5, 5.41) is 11.8. The Morgan fingerprint density at radius 2 is 0.889 bits per heavy atom. The van der Waals surface area contributed by atoms with Crippen molar-refractivity contribution < 1.29 is 4.92 Å². The quantitative estimate of drug-likeness (QED) is 0.307. The zero-order valence-corrected chi connectivity index (χ0v) is 14.6. The highest BCUT2D eigenvalue weighted by molar-refractivity contribution is 5.91. The number of nitro benzene ring substituents is 1. The fourth-order valence-corrected chi connectivity index (χ4v) is 3.30. The Bertz CT molecular complexity index is 1080. The number of rotatable bonds is 4. The molecular weight excluding hydrogens is 334 g/mol. The Hall–Kier alpha value is -3.72. The van der Waals surface area contributed by atoms with Gasteiger partial charge in [-0.3, -0.25) is 10.1 Å². The number of benzene rings is 4. The summed E-state index contributed by atoms with van der Waals surface area (Å²) in [6, 6.07) is 32.9. The predicted octanol–water partition coefficient (Wildman–Crippen LogP) is 6.60. The van der Waals surface area contributed by atoms with Gasteiger partial charge in [0, 0.05) is 6.07 Å². The molecule has 0 heterocycles. The maximum atomic E-state index is 11.8. The molecule has 0 aliphatic rings. The van der Waals surface area contributed by atoms with Gasteiger partial charge in [0.05, 0.1) is 10.5 Å². The van der Waals surface area contributed by atoms with Gasteiger partial charge in [0.15, 0.2) is 0 Å². The van der Waals surface area contributed by atoms with Crippen LogP contribution in [-0.2, 0) is 0 Å². The van der Waals surface area contributed by atoms with Gasteiger partial charge >= 0.3 is 0 Å². The first-order valence-electron chi connectivity index (χ1n) is 8.73. The molecule has 4 aromatic carbocycles. The molecule has 0 fully saturated rings. The highest BCUT2D eigenvalue weighted by Gasteiger charge is 2.20. The Morgan fingerprint density at radius 3 is 1.30 bits per heavy atom. The van der Waals surface area contributed by atoms with Crippen LogP contribution in [0.15, 0.2) is 103 Å². The van der Waals surface area contributed by atoms with E-state index in [2.05, 4.69) is 0 Å². The minimum absolute atomic E-state index is 0.111. The summed E-state index contributed by atoms with van der Waals surface area (Å²) in [6.07, 6.45) is 0. The minimum atomic E-state index is -0.302. The molecule has 3 heteroatoms. The molecule has 0 amide bonds. The number of hydrogen-bond acceptors (Lipinski definition) is 2. The summed E-state index contributed by atoms with van der Waals surface area (Å²) in [4.78, 5) is 11.5. The van der Waals surface area contributed by atoms with Gasteiger partial charge in [-0.05, 0) is 33.9 Å².